The lowest BCUT2D eigenvalue weighted by atomic mass is 9.91. The van der Waals surface area contributed by atoms with Crippen LogP contribution >= 0.6 is 0 Å². The third kappa shape index (κ3) is 5.98. The first-order valence-corrected chi connectivity index (χ1v) is 11.2. The summed E-state index contributed by atoms with van der Waals surface area (Å²) in [5, 5.41) is 21.6. The molecule has 2 heterocycles. The lowest BCUT2D eigenvalue weighted by Crippen LogP contribution is -2.25. The van der Waals surface area contributed by atoms with Crippen molar-refractivity contribution >= 4 is 11.9 Å². The number of rotatable bonds is 7. The van der Waals surface area contributed by atoms with E-state index in [4.69, 9.17) is 9.47 Å². The molecule has 0 saturated heterocycles. The third-order valence-electron chi connectivity index (χ3n) is 5.73. The molecule has 1 atom stereocenters. The number of hydrogen-bond acceptors (Lipinski definition) is 6. The molecule has 11 heteroatoms. The van der Waals surface area contributed by atoms with Crippen molar-refractivity contribution in [2.24, 2.45) is 0 Å². The number of fused-ring (bicyclic) bond motifs is 1. The maximum atomic E-state index is 12.6. The number of hydrogen-bond donors (Lipinski definition) is 2. The second-order valence-electron chi connectivity index (χ2n) is 8.19. The molecule has 3 aromatic rings. The highest BCUT2D eigenvalue weighted by molar-refractivity contribution is 5.94. The van der Waals surface area contributed by atoms with Crippen molar-refractivity contribution in [2.75, 3.05) is 13.2 Å². The Kier molecular flexibility index (Phi) is 7.29. The molecular weight excluding hydrogens is 491 g/mol. The van der Waals surface area contributed by atoms with Crippen molar-refractivity contribution in [1.82, 2.24) is 10.3 Å². The molecule has 1 amide bonds. The molecule has 1 aliphatic rings. The molecule has 0 saturated carbocycles. The summed E-state index contributed by atoms with van der Waals surface area (Å²) < 4.78 is 49.2. The zero-order chi connectivity index (χ0) is 26.6. The Hall–Kier alpha value is -4.59. The number of benzene rings is 2. The average molecular weight is 511 g/mol. The SMILES string of the molecule is N#Cc1cc2c(cc1Oc1ccc(C(=O)NCCc3ccc(C(F)(F)F)cn3)cc1)OCCC2C(=O)O. The summed E-state index contributed by atoms with van der Waals surface area (Å²) in [6.07, 6.45) is -3.14. The quantitative estimate of drug-likeness (QED) is 0.472. The van der Waals surface area contributed by atoms with Gasteiger partial charge in [0.2, 0.25) is 0 Å². The van der Waals surface area contributed by atoms with Crippen molar-refractivity contribution in [3.05, 3.63) is 82.7 Å². The van der Waals surface area contributed by atoms with E-state index in [1.54, 1.807) is 0 Å². The highest BCUT2D eigenvalue weighted by atomic mass is 19.4. The van der Waals surface area contributed by atoms with Crippen LogP contribution in [-0.4, -0.2) is 35.1 Å². The minimum atomic E-state index is -4.46. The molecule has 0 radical (unpaired) electrons. The van der Waals surface area contributed by atoms with Crippen molar-refractivity contribution in [3.63, 3.8) is 0 Å². The van der Waals surface area contributed by atoms with Gasteiger partial charge in [0.05, 0.1) is 23.7 Å². The smallest absolute Gasteiger partial charge is 0.417 e. The van der Waals surface area contributed by atoms with E-state index in [0.717, 1.165) is 12.3 Å². The Bertz CT molecular complexity index is 1350. The summed E-state index contributed by atoms with van der Waals surface area (Å²) in [5.41, 5.74) is 0.465. The molecule has 1 aliphatic heterocycles. The molecule has 190 valence electrons. The Morgan fingerprint density at radius 1 is 1.19 bits per heavy atom. The van der Waals surface area contributed by atoms with Crippen LogP contribution in [0.25, 0.3) is 0 Å². The van der Waals surface area contributed by atoms with E-state index < -0.39 is 29.5 Å². The monoisotopic (exact) mass is 511 g/mol. The van der Waals surface area contributed by atoms with Gasteiger partial charge in [0.1, 0.15) is 23.3 Å². The van der Waals surface area contributed by atoms with Crippen LogP contribution in [0.2, 0.25) is 0 Å². The fourth-order valence-electron chi connectivity index (χ4n) is 3.79. The van der Waals surface area contributed by atoms with Crippen LogP contribution in [0.3, 0.4) is 0 Å². The number of aliphatic carboxylic acids is 1. The number of carboxylic acid groups (broad SMARTS) is 1. The number of nitriles is 1. The molecule has 1 aromatic heterocycles. The Morgan fingerprint density at radius 3 is 2.57 bits per heavy atom. The first-order valence-electron chi connectivity index (χ1n) is 11.2. The Morgan fingerprint density at radius 2 is 1.95 bits per heavy atom. The zero-order valence-electron chi connectivity index (χ0n) is 19.2. The lowest BCUT2D eigenvalue weighted by molar-refractivity contribution is -0.139. The molecule has 0 aliphatic carbocycles. The fourth-order valence-corrected chi connectivity index (χ4v) is 3.79. The molecule has 0 fully saturated rings. The van der Waals surface area contributed by atoms with Crippen molar-refractivity contribution in [2.45, 2.75) is 24.9 Å². The van der Waals surface area contributed by atoms with Gasteiger partial charge in [0, 0.05) is 42.0 Å². The molecule has 4 rings (SSSR count). The maximum Gasteiger partial charge on any atom is 0.417 e. The molecule has 0 spiro atoms. The fraction of sp³-hybridized carbons (Fsp3) is 0.231. The number of amides is 1. The van der Waals surface area contributed by atoms with Gasteiger partial charge in [-0.3, -0.25) is 14.6 Å². The van der Waals surface area contributed by atoms with Gasteiger partial charge >= 0.3 is 12.1 Å². The normalized spacial score (nSPS) is 14.6. The van der Waals surface area contributed by atoms with E-state index >= 15 is 0 Å². The van der Waals surface area contributed by atoms with Crippen molar-refractivity contribution < 1.29 is 37.3 Å². The summed E-state index contributed by atoms with van der Waals surface area (Å²) in [6, 6.07) is 13.3. The van der Waals surface area contributed by atoms with E-state index in [1.807, 2.05) is 6.07 Å². The van der Waals surface area contributed by atoms with Crippen molar-refractivity contribution in [1.29, 1.82) is 5.26 Å². The van der Waals surface area contributed by atoms with Crippen LogP contribution in [-0.2, 0) is 17.4 Å². The first-order chi connectivity index (χ1) is 17.7. The third-order valence-corrected chi connectivity index (χ3v) is 5.73. The number of carbonyl (C=O) groups excluding carboxylic acids is 1. The van der Waals surface area contributed by atoms with Crippen molar-refractivity contribution in [3.8, 4) is 23.3 Å². The van der Waals surface area contributed by atoms with E-state index in [-0.39, 0.29) is 30.9 Å². The highest BCUT2D eigenvalue weighted by Crippen LogP contribution is 2.39. The molecular formula is C26H20F3N3O5. The number of carbonyl (C=O) groups is 2. The summed E-state index contributed by atoms with van der Waals surface area (Å²) >= 11 is 0. The summed E-state index contributed by atoms with van der Waals surface area (Å²) in [6.45, 7) is 0.404. The predicted octanol–water partition coefficient (Wildman–Crippen LogP) is 4.69. The topological polar surface area (TPSA) is 122 Å². The zero-order valence-corrected chi connectivity index (χ0v) is 19.2. The van der Waals surface area contributed by atoms with Crippen LogP contribution in [0, 0.1) is 11.3 Å². The van der Waals surface area contributed by atoms with Crippen LogP contribution in [0.1, 0.15) is 45.1 Å². The predicted molar refractivity (Wildman–Crippen MR) is 123 cm³/mol. The number of ether oxygens (including phenoxy) is 2. The molecule has 1 unspecified atom stereocenters. The number of nitrogens with one attached hydrogen (secondary N) is 1. The first kappa shape index (κ1) is 25.5. The van der Waals surface area contributed by atoms with Crippen LogP contribution in [0.4, 0.5) is 13.2 Å². The number of halogens is 3. The lowest BCUT2D eigenvalue weighted by Gasteiger charge is -2.24. The van der Waals surface area contributed by atoms with Gasteiger partial charge in [-0.05, 0) is 48.9 Å². The Labute approximate surface area is 209 Å². The van der Waals surface area contributed by atoms with Gasteiger partial charge in [-0.15, -0.1) is 0 Å². The minimum absolute atomic E-state index is 0.147. The molecule has 2 aromatic carbocycles. The number of alkyl halides is 3. The number of nitrogens with zero attached hydrogens (tertiary/aromatic N) is 2. The maximum absolute atomic E-state index is 12.6. The Balaban J connectivity index is 1.37. The van der Waals surface area contributed by atoms with E-state index in [9.17, 15) is 33.1 Å². The summed E-state index contributed by atoms with van der Waals surface area (Å²) in [7, 11) is 0. The molecule has 8 nitrogen and oxygen atoms in total. The largest absolute Gasteiger partial charge is 0.493 e. The van der Waals surface area contributed by atoms with Gasteiger partial charge in [-0.1, -0.05) is 0 Å². The van der Waals surface area contributed by atoms with Gasteiger partial charge in [0.25, 0.3) is 5.91 Å². The molecule has 0 bridgehead atoms. The van der Waals surface area contributed by atoms with E-state index in [0.29, 0.717) is 34.7 Å². The van der Waals surface area contributed by atoms with Gasteiger partial charge in [-0.2, -0.15) is 18.4 Å². The second kappa shape index (κ2) is 10.6. The highest BCUT2D eigenvalue weighted by Gasteiger charge is 2.31. The number of pyridine rings is 1. The van der Waals surface area contributed by atoms with E-state index in [2.05, 4.69) is 10.3 Å². The minimum Gasteiger partial charge on any atom is -0.493 e. The van der Waals surface area contributed by atoms with Crippen LogP contribution in [0.5, 0.6) is 17.2 Å². The standard InChI is InChI=1S/C26H20F3N3O5/c27-26(28,29)17-3-4-18(32-14-17)7-9-31-24(33)15-1-5-19(6-2-15)37-22-12-23-21(11-16(22)13-30)20(25(34)35)8-10-36-23/h1-6,11-12,14,20H,7-10H2,(H,31,33)(H,34,35). The van der Waals surface area contributed by atoms with Gasteiger partial charge < -0.3 is 19.9 Å². The summed E-state index contributed by atoms with van der Waals surface area (Å²) in [5.74, 6) is -1.28. The number of carboxylic acids is 1. The molecule has 2 N–H and O–H groups in total. The number of aromatic nitrogens is 1. The van der Waals surface area contributed by atoms with Crippen LogP contribution < -0.4 is 14.8 Å². The van der Waals surface area contributed by atoms with E-state index in [1.165, 1.54) is 42.5 Å². The average Bonchev–Trinajstić information content (AvgIpc) is 2.88. The second-order valence-corrected chi connectivity index (χ2v) is 8.19. The summed E-state index contributed by atoms with van der Waals surface area (Å²) in [4.78, 5) is 27.7. The van der Waals surface area contributed by atoms with Gasteiger partial charge in [0.15, 0.2) is 0 Å². The van der Waals surface area contributed by atoms with Crippen LogP contribution in [0.15, 0.2) is 54.7 Å². The molecule has 37 heavy (non-hydrogen) atoms. The van der Waals surface area contributed by atoms with Gasteiger partial charge in [-0.25, -0.2) is 0 Å².